The third kappa shape index (κ3) is 3.13. The minimum atomic E-state index is -1.16. The summed E-state index contributed by atoms with van der Waals surface area (Å²) in [6, 6.07) is 3.97. The van der Waals surface area contributed by atoms with Gasteiger partial charge in [-0.3, -0.25) is 9.78 Å². The molecule has 1 aliphatic heterocycles. The molecule has 0 spiro atoms. The Hall–Kier alpha value is -2.96. The molecule has 7 nitrogen and oxygen atoms in total. The van der Waals surface area contributed by atoms with Gasteiger partial charge in [-0.2, -0.15) is 0 Å². The lowest BCUT2D eigenvalue weighted by atomic mass is 10.0. The van der Waals surface area contributed by atoms with Gasteiger partial charge in [-0.1, -0.05) is 6.07 Å². The number of carbonyl (C=O) groups is 2. The number of aryl methyl sites for hydroxylation is 1. The molecule has 2 N–H and O–H groups in total. The second-order valence-corrected chi connectivity index (χ2v) is 5.25. The molecule has 7 heteroatoms. The number of ether oxygens (including phenoxy) is 1. The van der Waals surface area contributed by atoms with E-state index in [2.05, 4.69) is 15.3 Å². The average molecular weight is 313 g/mol. The van der Waals surface area contributed by atoms with Crippen LogP contribution in [-0.4, -0.2) is 33.6 Å². The Balaban J connectivity index is 1.83. The van der Waals surface area contributed by atoms with E-state index in [9.17, 15) is 14.7 Å². The number of carbonyl (C=O) groups excluding carboxylic acids is 1. The largest absolute Gasteiger partial charge is 0.493 e. The fraction of sp³-hybridized carbons (Fsp3) is 0.250. The van der Waals surface area contributed by atoms with E-state index >= 15 is 0 Å². The molecule has 1 unspecified atom stereocenters. The summed E-state index contributed by atoms with van der Waals surface area (Å²) in [6.45, 7) is 2.34. The van der Waals surface area contributed by atoms with E-state index in [1.165, 1.54) is 12.4 Å². The van der Waals surface area contributed by atoms with Crippen LogP contribution >= 0.6 is 0 Å². The molecule has 23 heavy (non-hydrogen) atoms. The van der Waals surface area contributed by atoms with Gasteiger partial charge in [-0.05, 0) is 30.2 Å². The average Bonchev–Trinajstić information content (AvgIpc) is 3.00. The lowest BCUT2D eigenvalue weighted by Crippen LogP contribution is -2.34. The van der Waals surface area contributed by atoms with Crippen LogP contribution in [0.1, 0.15) is 33.4 Å². The van der Waals surface area contributed by atoms with Gasteiger partial charge in [0, 0.05) is 12.6 Å². The van der Waals surface area contributed by atoms with E-state index in [0.29, 0.717) is 17.9 Å². The lowest BCUT2D eigenvalue weighted by Gasteiger charge is -2.15. The summed E-state index contributed by atoms with van der Waals surface area (Å²) in [6.07, 6.45) is 3.50. The number of nitrogens with zero attached hydrogens (tertiary/aromatic N) is 2. The standard InChI is InChI=1S/C16H15N3O4/c1-9-7-18-12(8-17-9)15(20)19-14(16(21)22)11-2-3-13-10(6-11)4-5-23-13/h2-3,6-8,14H,4-5H2,1H3,(H,19,20)(H,21,22). The second kappa shape index (κ2) is 6.04. The SMILES string of the molecule is Cc1cnc(C(=O)NC(C(=O)O)c2ccc3c(c2)CCO3)cn1. The van der Waals surface area contributed by atoms with Crippen LogP contribution in [-0.2, 0) is 11.2 Å². The summed E-state index contributed by atoms with van der Waals surface area (Å²) in [4.78, 5) is 31.7. The van der Waals surface area contributed by atoms with Gasteiger partial charge < -0.3 is 15.2 Å². The smallest absolute Gasteiger partial charge is 0.330 e. The third-order valence-corrected chi connectivity index (χ3v) is 3.58. The molecule has 1 aromatic carbocycles. The second-order valence-electron chi connectivity index (χ2n) is 5.25. The number of nitrogens with one attached hydrogen (secondary N) is 1. The summed E-state index contributed by atoms with van der Waals surface area (Å²) < 4.78 is 5.40. The van der Waals surface area contributed by atoms with Gasteiger partial charge in [-0.15, -0.1) is 0 Å². The molecule has 3 rings (SSSR count). The van der Waals surface area contributed by atoms with E-state index in [1.807, 2.05) is 0 Å². The van der Waals surface area contributed by atoms with Crippen LogP contribution in [0.4, 0.5) is 0 Å². The van der Waals surface area contributed by atoms with E-state index in [-0.39, 0.29) is 5.69 Å². The third-order valence-electron chi connectivity index (χ3n) is 3.58. The molecular formula is C16H15N3O4. The van der Waals surface area contributed by atoms with E-state index in [1.54, 1.807) is 25.1 Å². The highest BCUT2D eigenvalue weighted by molar-refractivity contribution is 5.95. The zero-order valence-corrected chi connectivity index (χ0v) is 12.4. The summed E-state index contributed by atoms with van der Waals surface area (Å²) in [7, 11) is 0. The fourth-order valence-corrected chi connectivity index (χ4v) is 2.39. The molecule has 0 aliphatic carbocycles. The van der Waals surface area contributed by atoms with Crippen LogP contribution in [0.5, 0.6) is 5.75 Å². The maximum absolute atomic E-state index is 12.2. The van der Waals surface area contributed by atoms with Gasteiger partial charge in [0.2, 0.25) is 0 Å². The van der Waals surface area contributed by atoms with Crippen molar-refractivity contribution in [3.05, 3.63) is 53.1 Å². The molecule has 118 valence electrons. The number of hydrogen-bond acceptors (Lipinski definition) is 5. The molecule has 1 amide bonds. The highest BCUT2D eigenvalue weighted by atomic mass is 16.5. The van der Waals surface area contributed by atoms with Crippen molar-refractivity contribution < 1.29 is 19.4 Å². The van der Waals surface area contributed by atoms with Gasteiger partial charge in [0.05, 0.1) is 18.5 Å². The molecular weight excluding hydrogens is 298 g/mol. The molecule has 0 saturated heterocycles. The zero-order valence-electron chi connectivity index (χ0n) is 12.4. The first-order valence-electron chi connectivity index (χ1n) is 7.12. The summed E-state index contributed by atoms with van der Waals surface area (Å²) in [5.41, 5.74) is 2.19. The van der Waals surface area contributed by atoms with E-state index in [4.69, 9.17) is 4.74 Å². The molecule has 0 radical (unpaired) electrons. The highest BCUT2D eigenvalue weighted by Crippen LogP contribution is 2.28. The van der Waals surface area contributed by atoms with Crippen molar-refractivity contribution in [3.63, 3.8) is 0 Å². The first kappa shape index (κ1) is 15.0. The van der Waals surface area contributed by atoms with Gasteiger partial charge in [0.15, 0.2) is 6.04 Å². The summed E-state index contributed by atoms with van der Waals surface area (Å²) in [5, 5.41) is 11.9. The fourth-order valence-electron chi connectivity index (χ4n) is 2.39. The monoisotopic (exact) mass is 313 g/mol. The normalized spacial score (nSPS) is 13.8. The van der Waals surface area contributed by atoms with Crippen LogP contribution in [0.25, 0.3) is 0 Å². The minimum absolute atomic E-state index is 0.0753. The van der Waals surface area contributed by atoms with Gasteiger partial charge in [0.1, 0.15) is 11.4 Å². The number of rotatable bonds is 4. The Morgan fingerprint density at radius 1 is 1.30 bits per heavy atom. The number of fused-ring (bicyclic) bond motifs is 1. The highest BCUT2D eigenvalue weighted by Gasteiger charge is 2.25. The zero-order chi connectivity index (χ0) is 16.4. The minimum Gasteiger partial charge on any atom is -0.493 e. The summed E-state index contributed by atoms with van der Waals surface area (Å²) in [5.74, 6) is -0.965. The van der Waals surface area contributed by atoms with Gasteiger partial charge in [0.25, 0.3) is 5.91 Å². The van der Waals surface area contributed by atoms with E-state index in [0.717, 1.165) is 17.7 Å². The Morgan fingerprint density at radius 2 is 2.13 bits per heavy atom. The Bertz CT molecular complexity index is 758. The Labute approximate surface area is 132 Å². The number of benzene rings is 1. The van der Waals surface area contributed by atoms with Crippen molar-refractivity contribution in [3.8, 4) is 5.75 Å². The molecule has 1 aliphatic rings. The maximum Gasteiger partial charge on any atom is 0.330 e. The first-order valence-corrected chi connectivity index (χ1v) is 7.12. The van der Waals surface area contributed by atoms with Gasteiger partial charge >= 0.3 is 5.97 Å². The van der Waals surface area contributed by atoms with E-state index < -0.39 is 17.9 Å². The first-order chi connectivity index (χ1) is 11.0. The Morgan fingerprint density at radius 3 is 2.83 bits per heavy atom. The van der Waals surface area contributed by atoms with Gasteiger partial charge in [-0.25, -0.2) is 9.78 Å². The van der Waals surface area contributed by atoms with Crippen LogP contribution in [0.2, 0.25) is 0 Å². The number of amides is 1. The van der Waals surface area contributed by atoms with Crippen LogP contribution < -0.4 is 10.1 Å². The number of aliphatic carboxylic acids is 1. The number of carboxylic acid groups (broad SMARTS) is 1. The predicted molar refractivity (Wildman–Crippen MR) is 80.3 cm³/mol. The van der Waals surface area contributed by atoms with Crippen molar-refractivity contribution in [2.75, 3.05) is 6.61 Å². The molecule has 1 atom stereocenters. The van der Waals surface area contributed by atoms with Crippen LogP contribution in [0, 0.1) is 6.92 Å². The molecule has 0 saturated carbocycles. The lowest BCUT2D eigenvalue weighted by molar-refractivity contribution is -0.139. The van der Waals surface area contributed by atoms with Crippen LogP contribution in [0.15, 0.2) is 30.6 Å². The topological polar surface area (TPSA) is 101 Å². The van der Waals surface area contributed by atoms with Crippen molar-refractivity contribution in [1.29, 1.82) is 0 Å². The number of carboxylic acids is 1. The van der Waals surface area contributed by atoms with Crippen molar-refractivity contribution in [2.45, 2.75) is 19.4 Å². The van der Waals surface area contributed by atoms with Crippen molar-refractivity contribution in [1.82, 2.24) is 15.3 Å². The number of hydrogen-bond donors (Lipinski definition) is 2. The van der Waals surface area contributed by atoms with Crippen LogP contribution in [0.3, 0.4) is 0 Å². The molecule has 0 fully saturated rings. The van der Waals surface area contributed by atoms with Crippen molar-refractivity contribution in [2.24, 2.45) is 0 Å². The molecule has 0 bridgehead atoms. The van der Waals surface area contributed by atoms with Crippen molar-refractivity contribution >= 4 is 11.9 Å². The Kier molecular flexibility index (Phi) is 3.92. The number of aromatic nitrogens is 2. The predicted octanol–water partition coefficient (Wildman–Crippen LogP) is 1.28. The quantitative estimate of drug-likeness (QED) is 0.881. The molecule has 2 heterocycles. The molecule has 1 aromatic heterocycles. The maximum atomic E-state index is 12.2. The molecule has 2 aromatic rings. The summed E-state index contributed by atoms with van der Waals surface area (Å²) >= 11 is 0.